The Kier molecular flexibility index (Phi) is 3.00. The largest absolute Gasteiger partial charge is 0.378 e. The molecule has 0 aromatic heterocycles. The van der Waals surface area contributed by atoms with Crippen molar-refractivity contribution < 1.29 is 9.90 Å². The Morgan fingerprint density at radius 2 is 2.33 bits per heavy atom. The average Bonchev–Trinajstić information content (AvgIpc) is 2.04. The molecule has 1 rings (SSSR count). The first kappa shape index (κ1) is 9.42. The Balaban J connectivity index is 2.54. The summed E-state index contributed by atoms with van der Waals surface area (Å²) in [6.45, 7) is 0. The number of hydrogen-bond acceptors (Lipinski definition) is 3. The predicted octanol–water partition coefficient (Wildman–Crippen LogP) is 0.402. The van der Waals surface area contributed by atoms with Gasteiger partial charge in [-0.05, 0) is 26.6 Å². The van der Waals surface area contributed by atoms with E-state index in [2.05, 4.69) is 0 Å². The molecule has 2 atom stereocenters. The molecule has 0 aromatic carbocycles. The van der Waals surface area contributed by atoms with Crippen molar-refractivity contribution in [3.8, 4) is 0 Å². The first-order chi connectivity index (χ1) is 5.61. The molecular formula is C9H15NO2. The third-order valence-corrected chi connectivity index (χ3v) is 2.17. The molecule has 0 saturated heterocycles. The minimum atomic E-state index is -0.464. The van der Waals surface area contributed by atoms with E-state index in [-0.39, 0.29) is 11.7 Å². The van der Waals surface area contributed by atoms with Crippen LogP contribution in [-0.2, 0) is 4.79 Å². The molecule has 0 saturated carbocycles. The summed E-state index contributed by atoms with van der Waals surface area (Å²) in [7, 11) is 3.66. The van der Waals surface area contributed by atoms with Gasteiger partial charge < -0.3 is 5.11 Å². The molecule has 12 heavy (non-hydrogen) atoms. The number of ketones is 1. The molecule has 0 aromatic rings. The van der Waals surface area contributed by atoms with Gasteiger partial charge in [-0.2, -0.15) is 0 Å². The van der Waals surface area contributed by atoms with Gasteiger partial charge in [0.1, 0.15) is 6.23 Å². The molecule has 0 radical (unpaired) electrons. The fourth-order valence-electron chi connectivity index (χ4n) is 1.35. The minimum absolute atomic E-state index is 0.109. The third kappa shape index (κ3) is 2.16. The van der Waals surface area contributed by atoms with Crippen LogP contribution in [-0.4, -0.2) is 36.1 Å². The van der Waals surface area contributed by atoms with E-state index < -0.39 is 6.23 Å². The average molecular weight is 169 g/mol. The van der Waals surface area contributed by atoms with Gasteiger partial charge in [-0.1, -0.05) is 6.08 Å². The van der Waals surface area contributed by atoms with E-state index >= 15 is 0 Å². The number of allylic oxidation sites excluding steroid dienone is 1. The summed E-state index contributed by atoms with van der Waals surface area (Å²) in [5.74, 6) is 0.273. The van der Waals surface area contributed by atoms with Crippen molar-refractivity contribution in [2.75, 3.05) is 14.1 Å². The maximum absolute atomic E-state index is 10.8. The highest BCUT2D eigenvalue weighted by molar-refractivity contribution is 5.90. The summed E-state index contributed by atoms with van der Waals surface area (Å²) in [4.78, 5) is 12.6. The van der Waals surface area contributed by atoms with Gasteiger partial charge in [-0.25, -0.2) is 0 Å². The number of aliphatic hydroxyl groups is 1. The fraction of sp³-hybridized carbons (Fsp3) is 0.667. The monoisotopic (exact) mass is 169 g/mol. The number of rotatable bonds is 2. The van der Waals surface area contributed by atoms with Crippen molar-refractivity contribution in [1.82, 2.24) is 4.90 Å². The summed E-state index contributed by atoms with van der Waals surface area (Å²) in [5.41, 5.74) is 0. The van der Waals surface area contributed by atoms with Gasteiger partial charge >= 0.3 is 0 Å². The lowest BCUT2D eigenvalue weighted by molar-refractivity contribution is -0.115. The van der Waals surface area contributed by atoms with E-state index in [1.165, 1.54) is 0 Å². The zero-order valence-electron chi connectivity index (χ0n) is 7.53. The molecular weight excluding hydrogens is 154 g/mol. The fourth-order valence-corrected chi connectivity index (χ4v) is 1.35. The van der Waals surface area contributed by atoms with E-state index in [0.717, 1.165) is 6.42 Å². The van der Waals surface area contributed by atoms with Crippen LogP contribution in [0.4, 0.5) is 0 Å². The number of aliphatic hydroxyl groups excluding tert-OH is 1. The Morgan fingerprint density at radius 1 is 1.67 bits per heavy atom. The van der Waals surface area contributed by atoms with Crippen LogP contribution in [0.25, 0.3) is 0 Å². The summed E-state index contributed by atoms with van der Waals surface area (Å²) in [6.07, 6.45) is 4.23. The molecule has 0 spiro atoms. The molecule has 1 aliphatic carbocycles. The first-order valence-electron chi connectivity index (χ1n) is 4.17. The number of carbonyl (C=O) groups excluding carboxylic acids is 1. The maximum Gasteiger partial charge on any atom is 0.155 e. The Bertz CT molecular complexity index is 199. The van der Waals surface area contributed by atoms with Crippen LogP contribution in [0.3, 0.4) is 0 Å². The molecule has 3 heteroatoms. The van der Waals surface area contributed by atoms with Crippen LogP contribution in [0.15, 0.2) is 12.2 Å². The van der Waals surface area contributed by atoms with E-state index in [1.54, 1.807) is 17.1 Å². The zero-order valence-corrected chi connectivity index (χ0v) is 7.53. The van der Waals surface area contributed by atoms with Crippen LogP contribution in [0.1, 0.15) is 12.8 Å². The van der Waals surface area contributed by atoms with E-state index in [9.17, 15) is 9.90 Å². The second-order valence-corrected chi connectivity index (χ2v) is 3.41. The second-order valence-electron chi connectivity index (χ2n) is 3.41. The van der Waals surface area contributed by atoms with Crippen molar-refractivity contribution in [1.29, 1.82) is 0 Å². The standard InChI is InChI=1S/C9H15NO2/c1-10(2)9(12)7-3-5-8(11)6-4-7/h3,5,7,9,12H,4,6H2,1-2H3. The molecule has 0 fully saturated rings. The van der Waals surface area contributed by atoms with Crippen molar-refractivity contribution in [3.63, 3.8) is 0 Å². The van der Waals surface area contributed by atoms with E-state index in [1.807, 2.05) is 14.1 Å². The summed E-state index contributed by atoms with van der Waals surface area (Å²) >= 11 is 0. The van der Waals surface area contributed by atoms with Crippen LogP contribution in [0.2, 0.25) is 0 Å². The summed E-state index contributed by atoms with van der Waals surface area (Å²) < 4.78 is 0. The third-order valence-electron chi connectivity index (χ3n) is 2.17. The van der Waals surface area contributed by atoms with Gasteiger partial charge in [0.05, 0.1) is 0 Å². The predicted molar refractivity (Wildman–Crippen MR) is 46.6 cm³/mol. The van der Waals surface area contributed by atoms with Crippen molar-refractivity contribution >= 4 is 5.78 Å². The van der Waals surface area contributed by atoms with Gasteiger partial charge in [-0.3, -0.25) is 9.69 Å². The smallest absolute Gasteiger partial charge is 0.155 e. The highest BCUT2D eigenvalue weighted by Gasteiger charge is 2.21. The van der Waals surface area contributed by atoms with Gasteiger partial charge in [0.25, 0.3) is 0 Å². The molecule has 0 bridgehead atoms. The highest BCUT2D eigenvalue weighted by Crippen LogP contribution is 2.19. The molecule has 1 aliphatic rings. The van der Waals surface area contributed by atoms with Crippen LogP contribution in [0.5, 0.6) is 0 Å². The lowest BCUT2D eigenvalue weighted by atomic mass is 9.93. The second kappa shape index (κ2) is 3.83. The molecule has 2 unspecified atom stereocenters. The van der Waals surface area contributed by atoms with Gasteiger partial charge in [0.2, 0.25) is 0 Å². The Labute approximate surface area is 72.7 Å². The van der Waals surface area contributed by atoms with Gasteiger partial charge in [0, 0.05) is 12.3 Å². The van der Waals surface area contributed by atoms with Crippen LogP contribution >= 0.6 is 0 Å². The first-order valence-corrected chi connectivity index (χ1v) is 4.17. The number of nitrogens with zero attached hydrogens (tertiary/aromatic N) is 1. The number of carbonyl (C=O) groups is 1. The SMILES string of the molecule is CN(C)C(O)C1C=CC(=O)CC1. The topological polar surface area (TPSA) is 40.5 Å². The van der Waals surface area contributed by atoms with Gasteiger partial charge in [-0.15, -0.1) is 0 Å². The number of hydrogen-bond donors (Lipinski definition) is 1. The minimum Gasteiger partial charge on any atom is -0.378 e. The van der Waals surface area contributed by atoms with Crippen molar-refractivity contribution in [3.05, 3.63) is 12.2 Å². The van der Waals surface area contributed by atoms with Crippen molar-refractivity contribution in [2.45, 2.75) is 19.1 Å². The lowest BCUT2D eigenvalue weighted by Crippen LogP contribution is -2.35. The molecule has 0 heterocycles. The quantitative estimate of drug-likeness (QED) is 0.608. The van der Waals surface area contributed by atoms with Crippen LogP contribution < -0.4 is 0 Å². The normalized spacial score (nSPS) is 26.3. The summed E-state index contributed by atoms with van der Waals surface area (Å²) in [5, 5.41) is 9.60. The van der Waals surface area contributed by atoms with E-state index in [4.69, 9.17) is 0 Å². The zero-order chi connectivity index (χ0) is 9.14. The molecule has 0 aliphatic heterocycles. The van der Waals surface area contributed by atoms with Crippen LogP contribution in [0, 0.1) is 5.92 Å². The lowest BCUT2D eigenvalue weighted by Gasteiger charge is -2.26. The maximum atomic E-state index is 10.8. The highest BCUT2D eigenvalue weighted by atomic mass is 16.3. The molecule has 1 N–H and O–H groups in total. The van der Waals surface area contributed by atoms with Crippen molar-refractivity contribution in [2.24, 2.45) is 5.92 Å². The molecule has 3 nitrogen and oxygen atoms in total. The molecule has 0 amide bonds. The van der Waals surface area contributed by atoms with Gasteiger partial charge in [0.15, 0.2) is 5.78 Å². The molecule has 68 valence electrons. The summed E-state index contributed by atoms with van der Waals surface area (Å²) in [6, 6.07) is 0. The Morgan fingerprint density at radius 3 is 2.75 bits per heavy atom. The van der Waals surface area contributed by atoms with E-state index in [0.29, 0.717) is 6.42 Å². The Hall–Kier alpha value is -0.670.